The average molecular weight is 322 g/mol. The van der Waals surface area contributed by atoms with Gasteiger partial charge in [-0.05, 0) is 28.8 Å². The smallest absolute Gasteiger partial charge is 0.267 e. The second-order valence-corrected chi connectivity index (χ2v) is 5.65. The van der Waals surface area contributed by atoms with Crippen LogP contribution in [-0.2, 0) is 6.42 Å². The van der Waals surface area contributed by atoms with Crippen LogP contribution in [0, 0.1) is 5.92 Å². The van der Waals surface area contributed by atoms with Gasteiger partial charge in [-0.1, -0.05) is 0 Å². The largest absolute Gasteiger partial charge is 0.491 e. The molecule has 0 aliphatic rings. The average Bonchev–Trinajstić information content (AvgIpc) is 3.03. The number of aromatic amines is 1. The molecule has 0 saturated carbocycles. The molecule has 2 heterocycles. The van der Waals surface area contributed by atoms with Gasteiger partial charge >= 0.3 is 0 Å². The molecule has 2 aromatic rings. The van der Waals surface area contributed by atoms with Gasteiger partial charge in [0.25, 0.3) is 5.91 Å². The van der Waals surface area contributed by atoms with Crippen molar-refractivity contribution in [2.45, 2.75) is 6.42 Å². The maximum absolute atomic E-state index is 12.0. The van der Waals surface area contributed by atoms with E-state index >= 15 is 0 Å². The lowest BCUT2D eigenvalue weighted by Gasteiger charge is -2.14. The second kappa shape index (κ2) is 7.77. The van der Waals surface area contributed by atoms with E-state index in [0.717, 1.165) is 5.56 Å². The number of pyridine rings is 1. The molecule has 0 aliphatic heterocycles. The quantitative estimate of drug-likeness (QED) is 0.710. The molecule has 7 heteroatoms. The molecule has 3 N–H and O–H groups in total. The monoisotopic (exact) mass is 322 g/mol. The first kappa shape index (κ1) is 16.3. The van der Waals surface area contributed by atoms with E-state index < -0.39 is 0 Å². The van der Waals surface area contributed by atoms with Gasteiger partial charge in [-0.2, -0.15) is 11.3 Å². The minimum atomic E-state index is -0.386. The molecule has 0 spiro atoms. The Morgan fingerprint density at radius 1 is 1.55 bits per heavy atom. The number of rotatable bonds is 7. The Kier molecular flexibility index (Phi) is 5.74. The number of ether oxygens (including phenoxy) is 1. The fourth-order valence-corrected chi connectivity index (χ4v) is 2.71. The Bertz CT molecular complexity index is 666. The van der Waals surface area contributed by atoms with Crippen molar-refractivity contribution in [1.82, 2.24) is 10.3 Å². The van der Waals surface area contributed by atoms with Crippen LogP contribution in [0.5, 0.6) is 5.75 Å². The molecule has 0 unspecified atom stereocenters. The fraction of sp³-hybridized carbons (Fsp3) is 0.333. The third kappa shape index (κ3) is 4.19. The molecular formula is C15H18N2O4S. The highest BCUT2D eigenvalue weighted by Crippen LogP contribution is 2.12. The summed E-state index contributed by atoms with van der Waals surface area (Å²) in [5.41, 5.74) is 0.942. The van der Waals surface area contributed by atoms with E-state index in [1.807, 2.05) is 16.8 Å². The summed E-state index contributed by atoms with van der Waals surface area (Å²) in [6.07, 6.45) is 2.05. The van der Waals surface area contributed by atoms with Gasteiger partial charge in [0.1, 0.15) is 5.69 Å². The molecule has 22 heavy (non-hydrogen) atoms. The first-order valence-corrected chi connectivity index (χ1v) is 7.75. The second-order valence-electron chi connectivity index (χ2n) is 4.87. The maximum atomic E-state index is 12.0. The summed E-state index contributed by atoms with van der Waals surface area (Å²) >= 11 is 1.60. The highest BCUT2D eigenvalue weighted by Gasteiger charge is 2.13. The molecular weight excluding hydrogens is 304 g/mol. The SMILES string of the molecule is COc1c[nH]c(C(=O)NC[C@@H](CO)Cc2ccsc2)cc1=O. The summed E-state index contributed by atoms with van der Waals surface area (Å²) in [7, 11) is 1.39. The summed E-state index contributed by atoms with van der Waals surface area (Å²) in [5, 5.41) is 16.1. The molecule has 1 atom stereocenters. The molecule has 1 amide bonds. The van der Waals surface area contributed by atoms with Crippen molar-refractivity contribution in [2.75, 3.05) is 20.3 Å². The summed E-state index contributed by atoms with van der Waals surface area (Å²) < 4.78 is 4.85. The fourth-order valence-electron chi connectivity index (χ4n) is 2.02. The number of amides is 1. The lowest BCUT2D eigenvalue weighted by Crippen LogP contribution is -2.32. The molecule has 118 valence electrons. The van der Waals surface area contributed by atoms with E-state index in [1.165, 1.54) is 19.4 Å². The number of carbonyl (C=O) groups is 1. The predicted molar refractivity (Wildman–Crippen MR) is 84.5 cm³/mol. The van der Waals surface area contributed by atoms with Crippen molar-refractivity contribution >= 4 is 17.2 Å². The van der Waals surface area contributed by atoms with Crippen molar-refractivity contribution in [1.29, 1.82) is 0 Å². The number of methoxy groups -OCH3 is 1. The first-order chi connectivity index (χ1) is 10.6. The number of carbonyl (C=O) groups excluding carboxylic acids is 1. The van der Waals surface area contributed by atoms with Gasteiger partial charge < -0.3 is 20.1 Å². The van der Waals surface area contributed by atoms with Crippen molar-refractivity contribution in [2.24, 2.45) is 5.92 Å². The Labute approximate surface area is 131 Å². The number of nitrogens with one attached hydrogen (secondary N) is 2. The number of hydrogen-bond acceptors (Lipinski definition) is 5. The van der Waals surface area contributed by atoms with Crippen molar-refractivity contribution in [3.63, 3.8) is 0 Å². The van der Waals surface area contributed by atoms with E-state index in [2.05, 4.69) is 10.3 Å². The van der Waals surface area contributed by atoms with E-state index in [-0.39, 0.29) is 35.3 Å². The molecule has 0 fully saturated rings. The highest BCUT2D eigenvalue weighted by atomic mass is 32.1. The molecule has 0 radical (unpaired) electrons. The Balaban J connectivity index is 1.93. The van der Waals surface area contributed by atoms with Crippen LogP contribution in [-0.4, -0.2) is 36.3 Å². The number of aliphatic hydroxyl groups excluding tert-OH is 1. The van der Waals surface area contributed by atoms with Gasteiger partial charge in [-0.25, -0.2) is 0 Å². The van der Waals surface area contributed by atoms with Gasteiger partial charge in [0, 0.05) is 31.3 Å². The van der Waals surface area contributed by atoms with Gasteiger partial charge in [-0.15, -0.1) is 0 Å². The lowest BCUT2D eigenvalue weighted by molar-refractivity contribution is 0.0935. The third-order valence-electron chi connectivity index (χ3n) is 3.26. The minimum absolute atomic E-state index is 0.0186. The van der Waals surface area contributed by atoms with Crippen LogP contribution < -0.4 is 15.5 Å². The molecule has 0 bridgehead atoms. The lowest BCUT2D eigenvalue weighted by atomic mass is 10.0. The van der Waals surface area contributed by atoms with Crippen molar-refractivity contribution < 1.29 is 14.6 Å². The zero-order chi connectivity index (χ0) is 15.9. The Morgan fingerprint density at radius 3 is 2.95 bits per heavy atom. The molecule has 2 aromatic heterocycles. The summed E-state index contributed by atoms with van der Waals surface area (Å²) in [6, 6.07) is 3.19. The minimum Gasteiger partial charge on any atom is -0.491 e. The van der Waals surface area contributed by atoms with Crippen molar-refractivity contribution in [3.8, 4) is 5.75 Å². The number of thiophene rings is 1. The number of H-pyrrole nitrogens is 1. The third-order valence-corrected chi connectivity index (χ3v) is 3.99. The van der Waals surface area contributed by atoms with Crippen LogP contribution in [0.3, 0.4) is 0 Å². The topological polar surface area (TPSA) is 91.4 Å². The van der Waals surface area contributed by atoms with Crippen LogP contribution in [0.1, 0.15) is 16.1 Å². The van der Waals surface area contributed by atoms with E-state index in [0.29, 0.717) is 13.0 Å². The van der Waals surface area contributed by atoms with Crippen LogP contribution in [0.2, 0.25) is 0 Å². The molecule has 2 rings (SSSR count). The first-order valence-electron chi connectivity index (χ1n) is 6.81. The zero-order valence-corrected chi connectivity index (χ0v) is 13.0. The predicted octanol–water partition coefficient (Wildman–Crippen LogP) is 1.03. The highest BCUT2D eigenvalue weighted by molar-refractivity contribution is 7.07. The van der Waals surface area contributed by atoms with Crippen LogP contribution in [0.4, 0.5) is 0 Å². The van der Waals surface area contributed by atoms with Gasteiger partial charge in [0.05, 0.1) is 7.11 Å². The summed E-state index contributed by atoms with van der Waals surface area (Å²) in [4.78, 5) is 26.4. The number of aliphatic hydroxyl groups is 1. The van der Waals surface area contributed by atoms with Crippen LogP contribution >= 0.6 is 11.3 Å². The van der Waals surface area contributed by atoms with Gasteiger partial charge in [0.15, 0.2) is 5.75 Å². The zero-order valence-electron chi connectivity index (χ0n) is 12.2. The standard InChI is InChI=1S/C15H18N2O4S/c1-21-14-7-16-12(5-13(14)19)15(20)17-6-11(8-18)4-10-2-3-22-9-10/h2-3,5,7,9,11,18H,4,6,8H2,1H3,(H,16,19)(H,17,20)/t11-/m0/s1. The Morgan fingerprint density at radius 2 is 2.36 bits per heavy atom. The van der Waals surface area contributed by atoms with Crippen LogP contribution in [0.25, 0.3) is 0 Å². The molecule has 0 aromatic carbocycles. The van der Waals surface area contributed by atoms with Gasteiger partial charge in [0.2, 0.25) is 5.43 Å². The maximum Gasteiger partial charge on any atom is 0.267 e. The normalized spacial score (nSPS) is 11.9. The van der Waals surface area contributed by atoms with Crippen molar-refractivity contribution in [3.05, 3.63) is 50.6 Å². The number of hydrogen-bond donors (Lipinski definition) is 3. The van der Waals surface area contributed by atoms with E-state index in [4.69, 9.17) is 4.74 Å². The Hall–Kier alpha value is -2.12. The molecule has 0 aliphatic carbocycles. The molecule has 6 nitrogen and oxygen atoms in total. The summed E-state index contributed by atoms with van der Waals surface area (Å²) in [6.45, 7) is 0.314. The van der Waals surface area contributed by atoms with Crippen LogP contribution in [0.15, 0.2) is 33.9 Å². The summed E-state index contributed by atoms with van der Waals surface area (Å²) in [5.74, 6) is -0.297. The molecule has 0 saturated heterocycles. The van der Waals surface area contributed by atoms with Gasteiger partial charge in [-0.3, -0.25) is 9.59 Å². The van der Waals surface area contributed by atoms with E-state index in [1.54, 1.807) is 11.3 Å². The van der Waals surface area contributed by atoms with E-state index in [9.17, 15) is 14.7 Å². The number of aromatic nitrogens is 1.